The van der Waals surface area contributed by atoms with Crippen molar-refractivity contribution < 1.29 is 19.1 Å². The predicted octanol–water partition coefficient (Wildman–Crippen LogP) is 1.09. The van der Waals surface area contributed by atoms with Crippen LogP contribution in [0.1, 0.15) is 5.56 Å². The third-order valence-electron chi connectivity index (χ3n) is 3.15. The molecule has 2 N–H and O–H groups in total. The Morgan fingerprint density at radius 1 is 1.47 bits per heavy atom. The normalized spacial score (nSPS) is 15.9. The molecule has 1 heterocycles. The van der Waals surface area contributed by atoms with Crippen molar-refractivity contribution in [1.82, 2.24) is 4.90 Å². The van der Waals surface area contributed by atoms with E-state index in [2.05, 4.69) is 5.32 Å². The molecule has 0 bridgehead atoms. The molecule has 1 aliphatic rings. The molecule has 0 saturated carbocycles. The SMILES string of the molecule is Cc1ccc(F)cc1NC(=O)CN1CC(C(=O)O)C1. The minimum atomic E-state index is -0.836. The molecule has 0 radical (unpaired) electrons. The van der Waals surface area contributed by atoms with E-state index in [1.807, 2.05) is 0 Å². The number of hydrogen-bond acceptors (Lipinski definition) is 3. The maximum absolute atomic E-state index is 13.1. The number of carbonyl (C=O) groups excluding carboxylic acids is 1. The Bertz CT molecular complexity index is 513. The van der Waals surface area contributed by atoms with E-state index in [1.54, 1.807) is 17.9 Å². The zero-order chi connectivity index (χ0) is 14.0. The summed E-state index contributed by atoms with van der Waals surface area (Å²) in [5.74, 6) is -1.89. The molecular formula is C13H15FN2O3. The number of carbonyl (C=O) groups is 2. The number of amides is 1. The first kappa shape index (κ1) is 13.5. The second-order valence-electron chi connectivity index (χ2n) is 4.74. The van der Waals surface area contributed by atoms with Crippen LogP contribution in [0.2, 0.25) is 0 Å². The number of halogens is 1. The van der Waals surface area contributed by atoms with E-state index in [1.165, 1.54) is 12.1 Å². The number of rotatable bonds is 4. The number of benzene rings is 1. The molecule has 1 saturated heterocycles. The smallest absolute Gasteiger partial charge is 0.309 e. The monoisotopic (exact) mass is 266 g/mol. The highest BCUT2D eigenvalue weighted by Crippen LogP contribution is 2.18. The molecule has 0 spiro atoms. The Labute approximate surface area is 110 Å². The lowest BCUT2D eigenvalue weighted by atomic mass is 10.0. The zero-order valence-electron chi connectivity index (χ0n) is 10.5. The lowest BCUT2D eigenvalue weighted by Crippen LogP contribution is -2.52. The number of aliphatic carboxylic acids is 1. The molecule has 0 atom stereocenters. The van der Waals surface area contributed by atoms with Gasteiger partial charge in [-0.3, -0.25) is 14.5 Å². The molecule has 19 heavy (non-hydrogen) atoms. The summed E-state index contributed by atoms with van der Waals surface area (Å²) >= 11 is 0. The Balaban J connectivity index is 1.85. The fraction of sp³-hybridized carbons (Fsp3) is 0.385. The first-order valence-corrected chi connectivity index (χ1v) is 5.97. The van der Waals surface area contributed by atoms with Gasteiger partial charge in [-0.25, -0.2) is 4.39 Å². The van der Waals surface area contributed by atoms with Crippen molar-refractivity contribution in [3.8, 4) is 0 Å². The average Bonchev–Trinajstić information content (AvgIpc) is 2.27. The van der Waals surface area contributed by atoms with E-state index in [0.717, 1.165) is 5.56 Å². The molecule has 102 valence electrons. The van der Waals surface area contributed by atoms with Crippen LogP contribution in [0.3, 0.4) is 0 Å². The van der Waals surface area contributed by atoms with Gasteiger partial charge in [0.15, 0.2) is 0 Å². The summed E-state index contributed by atoms with van der Waals surface area (Å²) in [5.41, 5.74) is 1.22. The van der Waals surface area contributed by atoms with Crippen molar-refractivity contribution in [2.24, 2.45) is 5.92 Å². The first-order valence-electron chi connectivity index (χ1n) is 5.97. The van der Waals surface area contributed by atoms with Crippen LogP contribution in [0.4, 0.5) is 10.1 Å². The molecule has 5 nitrogen and oxygen atoms in total. The lowest BCUT2D eigenvalue weighted by molar-refractivity contribution is -0.148. The van der Waals surface area contributed by atoms with Crippen LogP contribution in [0.5, 0.6) is 0 Å². The van der Waals surface area contributed by atoms with Crippen molar-refractivity contribution in [2.75, 3.05) is 25.0 Å². The molecule has 1 aromatic rings. The van der Waals surface area contributed by atoms with E-state index < -0.39 is 11.8 Å². The van der Waals surface area contributed by atoms with Gasteiger partial charge in [-0.05, 0) is 24.6 Å². The number of anilines is 1. The van der Waals surface area contributed by atoms with Crippen molar-refractivity contribution in [3.63, 3.8) is 0 Å². The van der Waals surface area contributed by atoms with E-state index in [0.29, 0.717) is 18.8 Å². The largest absolute Gasteiger partial charge is 0.481 e. The number of hydrogen-bond donors (Lipinski definition) is 2. The summed E-state index contributed by atoms with van der Waals surface area (Å²) in [7, 11) is 0. The molecule has 1 aromatic carbocycles. The lowest BCUT2D eigenvalue weighted by Gasteiger charge is -2.35. The highest BCUT2D eigenvalue weighted by Gasteiger charge is 2.33. The van der Waals surface area contributed by atoms with Crippen LogP contribution < -0.4 is 5.32 Å². The van der Waals surface area contributed by atoms with Crippen LogP contribution in [0.25, 0.3) is 0 Å². The summed E-state index contributed by atoms with van der Waals surface area (Å²) in [6, 6.07) is 4.19. The van der Waals surface area contributed by atoms with Gasteiger partial charge in [-0.1, -0.05) is 6.07 Å². The van der Waals surface area contributed by atoms with Gasteiger partial charge in [0.2, 0.25) is 5.91 Å². The average molecular weight is 266 g/mol. The summed E-state index contributed by atoms with van der Waals surface area (Å²) in [6.45, 7) is 2.66. The van der Waals surface area contributed by atoms with Gasteiger partial charge >= 0.3 is 5.97 Å². The van der Waals surface area contributed by atoms with Crippen LogP contribution in [0, 0.1) is 18.7 Å². The highest BCUT2D eigenvalue weighted by atomic mass is 19.1. The number of carboxylic acid groups (broad SMARTS) is 1. The minimum Gasteiger partial charge on any atom is -0.481 e. The third-order valence-corrected chi connectivity index (χ3v) is 3.15. The van der Waals surface area contributed by atoms with Crippen LogP contribution in [0.15, 0.2) is 18.2 Å². The fourth-order valence-corrected chi connectivity index (χ4v) is 1.98. The second kappa shape index (κ2) is 5.36. The van der Waals surface area contributed by atoms with Gasteiger partial charge < -0.3 is 10.4 Å². The van der Waals surface area contributed by atoms with Crippen molar-refractivity contribution in [2.45, 2.75) is 6.92 Å². The standard InChI is InChI=1S/C13H15FN2O3/c1-8-2-3-10(14)4-11(8)15-12(17)7-16-5-9(6-16)13(18)19/h2-4,9H,5-7H2,1H3,(H,15,17)(H,18,19). The highest BCUT2D eigenvalue weighted by molar-refractivity contribution is 5.93. The summed E-state index contributed by atoms with van der Waals surface area (Å²) < 4.78 is 13.1. The van der Waals surface area contributed by atoms with E-state index >= 15 is 0 Å². The second-order valence-corrected chi connectivity index (χ2v) is 4.74. The Hall–Kier alpha value is -1.95. The maximum atomic E-state index is 13.1. The van der Waals surface area contributed by atoms with Gasteiger partial charge in [0.25, 0.3) is 0 Å². The van der Waals surface area contributed by atoms with Gasteiger partial charge in [-0.15, -0.1) is 0 Å². The van der Waals surface area contributed by atoms with Gasteiger partial charge in [-0.2, -0.15) is 0 Å². The van der Waals surface area contributed by atoms with Crippen molar-refractivity contribution >= 4 is 17.6 Å². The number of nitrogens with one attached hydrogen (secondary N) is 1. The molecule has 1 aliphatic heterocycles. The minimum absolute atomic E-state index is 0.125. The maximum Gasteiger partial charge on any atom is 0.309 e. The van der Waals surface area contributed by atoms with Gasteiger partial charge in [0.05, 0.1) is 12.5 Å². The van der Waals surface area contributed by atoms with E-state index in [-0.39, 0.29) is 18.4 Å². The predicted molar refractivity (Wildman–Crippen MR) is 67.3 cm³/mol. The van der Waals surface area contributed by atoms with Crippen LogP contribution in [-0.2, 0) is 9.59 Å². The topological polar surface area (TPSA) is 69.6 Å². The molecular weight excluding hydrogens is 251 g/mol. The quantitative estimate of drug-likeness (QED) is 0.856. The van der Waals surface area contributed by atoms with Crippen molar-refractivity contribution in [1.29, 1.82) is 0 Å². The Morgan fingerprint density at radius 3 is 2.79 bits per heavy atom. The fourth-order valence-electron chi connectivity index (χ4n) is 1.98. The molecule has 0 aliphatic carbocycles. The summed E-state index contributed by atoms with van der Waals surface area (Å²) in [6.07, 6.45) is 0. The summed E-state index contributed by atoms with van der Waals surface area (Å²) in [4.78, 5) is 24.1. The van der Waals surface area contributed by atoms with Gasteiger partial charge in [0, 0.05) is 18.8 Å². The Morgan fingerprint density at radius 2 is 2.16 bits per heavy atom. The van der Waals surface area contributed by atoms with E-state index in [9.17, 15) is 14.0 Å². The number of aryl methyl sites for hydroxylation is 1. The number of nitrogens with zero attached hydrogens (tertiary/aromatic N) is 1. The van der Waals surface area contributed by atoms with Gasteiger partial charge in [0.1, 0.15) is 5.82 Å². The molecule has 1 fully saturated rings. The number of likely N-dealkylation sites (tertiary alicyclic amines) is 1. The van der Waals surface area contributed by atoms with Crippen LogP contribution in [-0.4, -0.2) is 41.5 Å². The Kier molecular flexibility index (Phi) is 3.80. The van der Waals surface area contributed by atoms with Crippen LogP contribution >= 0.6 is 0 Å². The van der Waals surface area contributed by atoms with E-state index in [4.69, 9.17) is 5.11 Å². The number of carboxylic acids is 1. The summed E-state index contributed by atoms with van der Waals surface area (Å²) in [5, 5.41) is 11.3. The first-order chi connectivity index (χ1) is 8.95. The molecule has 6 heteroatoms. The molecule has 1 amide bonds. The molecule has 0 unspecified atom stereocenters. The third kappa shape index (κ3) is 3.29. The molecule has 0 aromatic heterocycles. The van der Waals surface area contributed by atoms with Crippen molar-refractivity contribution in [3.05, 3.63) is 29.6 Å². The molecule has 2 rings (SSSR count). The zero-order valence-corrected chi connectivity index (χ0v) is 10.5.